The number of nitrogens with one attached hydrogen (secondary N) is 1. The zero-order valence-electron chi connectivity index (χ0n) is 14.5. The molecule has 1 aliphatic carbocycles. The van der Waals surface area contributed by atoms with Gasteiger partial charge in [0.15, 0.2) is 0 Å². The summed E-state index contributed by atoms with van der Waals surface area (Å²) >= 11 is 1.25. The van der Waals surface area contributed by atoms with E-state index in [0.717, 1.165) is 24.1 Å². The summed E-state index contributed by atoms with van der Waals surface area (Å²) in [7, 11) is 0. The summed E-state index contributed by atoms with van der Waals surface area (Å²) in [6.07, 6.45) is 1.85. The molecule has 0 radical (unpaired) electrons. The zero-order valence-corrected chi connectivity index (χ0v) is 15.3. The minimum Gasteiger partial charge on any atom is -0.481 e. The summed E-state index contributed by atoms with van der Waals surface area (Å²) in [6.45, 7) is 3.81. The highest BCUT2D eigenvalue weighted by molar-refractivity contribution is 8.00. The second kappa shape index (κ2) is 8.89. The predicted molar refractivity (Wildman–Crippen MR) is 98.7 cm³/mol. The molecule has 2 amide bonds. The van der Waals surface area contributed by atoms with E-state index in [1.807, 2.05) is 31.2 Å². The first-order valence-electron chi connectivity index (χ1n) is 8.33. The fourth-order valence-corrected chi connectivity index (χ4v) is 3.06. The van der Waals surface area contributed by atoms with E-state index in [-0.39, 0.29) is 35.9 Å². The van der Waals surface area contributed by atoms with Gasteiger partial charge in [-0.2, -0.15) is 0 Å². The molecule has 0 spiro atoms. The van der Waals surface area contributed by atoms with E-state index in [2.05, 4.69) is 5.32 Å². The Labute approximate surface area is 152 Å². The zero-order chi connectivity index (χ0) is 18.4. The van der Waals surface area contributed by atoms with Gasteiger partial charge >= 0.3 is 5.97 Å². The number of carbonyl (C=O) groups excluding carboxylic acids is 2. The maximum absolute atomic E-state index is 12.3. The first-order chi connectivity index (χ1) is 11.9. The molecule has 1 aliphatic rings. The molecule has 1 unspecified atom stereocenters. The molecule has 0 aliphatic heterocycles. The third-order valence-corrected chi connectivity index (χ3v) is 4.91. The number of nitrogens with zero attached hydrogens (tertiary/aromatic N) is 1. The Bertz CT molecular complexity index is 628. The van der Waals surface area contributed by atoms with Gasteiger partial charge in [0.05, 0.1) is 17.4 Å². The molecule has 0 aromatic heterocycles. The van der Waals surface area contributed by atoms with Crippen molar-refractivity contribution < 1.29 is 19.5 Å². The number of hydrogen-bond donors (Lipinski definition) is 2. The van der Waals surface area contributed by atoms with Gasteiger partial charge in [-0.25, -0.2) is 0 Å². The van der Waals surface area contributed by atoms with Gasteiger partial charge in [-0.15, -0.1) is 11.8 Å². The number of carbonyl (C=O) groups is 3. The smallest absolute Gasteiger partial charge is 0.308 e. The van der Waals surface area contributed by atoms with Crippen molar-refractivity contribution in [3.8, 4) is 0 Å². The molecule has 6 nitrogen and oxygen atoms in total. The molecular formula is C18H24N2O4S. The second-order valence-corrected chi connectivity index (χ2v) is 7.41. The molecule has 0 bridgehead atoms. The number of carboxylic acids is 1. The van der Waals surface area contributed by atoms with E-state index in [1.165, 1.54) is 11.8 Å². The number of aryl methyl sites for hydroxylation is 1. The fourth-order valence-electron chi connectivity index (χ4n) is 2.36. The number of thioether (sulfide) groups is 1. The van der Waals surface area contributed by atoms with Crippen molar-refractivity contribution in [2.24, 2.45) is 5.92 Å². The van der Waals surface area contributed by atoms with Crippen LogP contribution in [-0.2, 0) is 14.4 Å². The molecule has 1 fully saturated rings. The van der Waals surface area contributed by atoms with Crippen LogP contribution in [0.25, 0.3) is 0 Å². The number of aliphatic carboxylic acids is 1. The third-order valence-electron chi connectivity index (χ3n) is 3.99. The van der Waals surface area contributed by atoms with Crippen molar-refractivity contribution in [1.82, 2.24) is 4.90 Å². The van der Waals surface area contributed by atoms with Crippen molar-refractivity contribution in [3.05, 3.63) is 29.8 Å². The summed E-state index contributed by atoms with van der Waals surface area (Å²) < 4.78 is 0. The summed E-state index contributed by atoms with van der Waals surface area (Å²) in [6, 6.07) is 7.68. The van der Waals surface area contributed by atoms with Crippen LogP contribution in [0.4, 0.5) is 5.69 Å². The number of rotatable bonds is 9. The summed E-state index contributed by atoms with van der Waals surface area (Å²) in [5, 5.41) is 11.8. The Kier molecular flexibility index (Phi) is 6.87. The number of hydrogen-bond acceptors (Lipinski definition) is 4. The number of benzene rings is 1. The average Bonchev–Trinajstić information content (AvgIpc) is 3.39. The van der Waals surface area contributed by atoms with Crippen LogP contribution in [0.5, 0.6) is 0 Å². The van der Waals surface area contributed by atoms with Gasteiger partial charge in [0.1, 0.15) is 0 Å². The maximum Gasteiger partial charge on any atom is 0.308 e. The van der Waals surface area contributed by atoms with Crippen LogP contribution in [0, 0.1) is 12.8 Å². The van der Waals surface area contributed by atoms with Crippen LogP contribution in [0.15, 0.2) is 24.3 Å². The minimum atomic E-state index is -0.899. The molecule has 0 heterocycles. The lowest BCUT2D eigenvalue weighted by Gasteiger charge is -2.24. The molecule has 2 N–H and O–H groups in total. The second-order valence-electron chi connectivity index (χ2n) is 6.42. The highest BCUT2D eigenvalue weighted by Crippen LogP contribution is 2.28. The largest absolute Gasteiger partial charge is 0.481 e. The lowest BCUT2D eigenvalue weighted by Crippen LogP contribution is -2.39. The topological polar surface area (TPSA) is 86.7 Å². The van der Waals surface area contributed by atoms with Crippen molar-refractivity contribution in [2.45, 2.75) is 32.7 Å². The van der Waals surface area contributed by atoms with Crippen LogP contribution in [-0.4, -0.2) is 51.9 Å². The molecule has 7 heteroatoms. The normalized spacial score (nSPS) is 14.6. The first-order valence-corrected chi connectivity index (χ1v) is 9.49. The quantitative estimate of drug-likeness (QED) is 0.702. The minimum absolute atomic E-state index is 0.0938. The molecule has 136 valence electrons. The van der Waals surface area contributed by atoms with Gasteiger partial charge in [-0.3, -0.25) is 14.4 Å². The van der Waals surface area contributed by atoms with E-state index in [9.17, 15) is 14.4 Å². The van der Waals surface area contributed by atoms with Crippen LogP contribution in [0.2, 0.25) is 0 Å². The number of anilines is 1. The Morgan fingerprint density at radius 2 is 1.88 bits per heavy atom. The van der Waals surface area contributed by atoms with Gasteiger partial charge in [-0.1, -0.05) is 24.6 Å². The number of amides is 2. The Morgan fingerprint density at radius 3 is 2.44 bits per heavy atom. The van der Waals surface area contributed by atoms with Crippen molar-refractivity contribution in [3.63, 3.8) is 0 Å². The van der Waals surface area contributed by atoms with Crippen LogP contribution >= 0.6 is 11.8 Å². The molecular weight excluding hydrogens is 340 g/mol. The Hall–Kier alpha value is -2.02. The van der Waals surface area contributed by atoms with Gasteiger partial charge in [0.2, 0.25) is 11.8 Å². The molecule has 1 atom stereocenters. The van der Waals surface area contributed by atoms with Crippen molar-refractivity contribution in [2.75, 3.05) is 23.4 Å². The molecule has 1 aromatic carbocycles. The highest BCUT2D eigenvalue weighted by Gasteiger charge is 2.34. The van der Waals surface area contributed by atoms with Crippen molar-refractivity contribution >= 4 is 35.2 Å². The standard InChI is InChI=1S/C18H24N2O4S/c1-12-3-5-14(6-4-12)19-16(21)10-25-11-17(22)20(15-7-8-15)9-13(2)18(23)24/h3-6,13,15H,7-11H2,1-2H3,(H,19,21)(H,23,24). The SMILES string of the molecule is Cc1ccc(NC(=O)CSCC(=O)N(CC(C)C(=O)O)C2CC2)cc1. The van der Waals surface area contributed by atoms with Gasteiger partial charge in [0, 0.05) is 18.3 Å². The van der Waals surface area contributed by atoms with Crippen LogP contribution < -0.4 is 5.32 Å². The fraction of sp³-hybridized carbons (Fsp3) is 0.500. The van der Waals surface area contributed by atoms with Crippen molar-refractivity contribution in [1.29, 1.82) is 0 Å². The first kappa shape index (κ1) is 19.3. The van der Waals surface area contributed by atoms with E-state index in [1.54, 1.807) is 11.8 Å². The average molecular weight is 364 g/mol. The van der Waals surface area contributed by atoms with Crippen LogP contribution in [0.1, 0.15) is 25.3 Å². The molecule has 1 aromatic rings. The number of carboxylic acid groups (broad SMARTS) is 1. The van der Waals surface area contributed by atoms with Gasteiger partial charge < -0.3 is 15.3 Å². The van der Waals surface area contributed by atoms with E-state index >= 15 is 0 Å². The highest BCUT2D eigenvalue weighted by atomic mass is 32.2. The summed E-state index contributed by atoms with van der Waals surface area (Å²) in [5.74, 6) is -1.36. The Morgan fingerprint density at radius 1 is 1.24 bits per heavy atom. The van der Waals surface area contributed by atoms with E-state index < -0.39 is 11.9 Å². The third kappa shape index (κ3) is 6.42. The van der Waals surface area contributed by atoms with Gasteiger partial charge in [0.25, 0.3) is 0 Å². The monoisotopic (exact) mass is 364 g/mol. The van der Waals surface area contributed by atoms with Gasteiger partial charge in [-0.05, 0) is 31.9 Å². The molecule has 0 saturated heterocycles. The Balaban J connectivity index is 1.75. The summed E-state index contributed by atoms with van der Waals surface area (Å²) in [5.41, 5.74) is 1.85. The molecule has 25 heavy (non-hydrogen) atoms. The predicted octanol–water partition coefficient (Wildman–Crippen LogP) is 2.38. The van der Waals surface area contributed by atoms with E-state index in [0.29, 0.717) is 0 Å². The lowest BCUT2D eigenvalue weighted by atomic mass is 10.1. The molecule has 1 saturated carbocycles. The molecule has 2 rings (SSSR count). The maximum atomic E-state index is 12.3. The summed E-state index contributed by atoms with van der Waals surface area (Å²) in [4.78, 5) is 36.9. The lowest BCUT2D eigenvalue weighted by molar-refractivity contribution is -0.142. The van der Waals surface area contributed by atoms with Crippen LogP contribution in [0.3, 0.4) is 0 Å². The van der Waals surface area contributed by atoms with E-state index in [4.69, 9.17) is 5.11 Å².